The van der Waals surface area contributed by atoms with E-state index in [0.717, 1.165) is 5.69 Å². The third-order valence-electron chi connectivity index (χ3n) is 2.83. The molecule has 1 aromatic rings. The summed E-state index contributed by atoms with van der Waals surface area (Å²) in [6, 6.07) is 7.48. The van der Waals surface area contributed by atoms with E-state index in [1.54, 1.807) is 0 Å². The summed E-state index contributed by atoms with van der Waals surface area (Å²) < 4.78 is 5.56. The van der Waals surface area contributed by atoms with Crippen LogP contribution >= 0.6 is 0 Å². The van der Waals surface area contributed by atoms with E-state index in [2.05, 4.69) is 13.8 Å². The number of hydrogen-bond donors (Lipinski definition) is 2. The number of nitrogens with two attached hydrogens (primary N) is 1. The molecule has 0 heterocycles. The monoisotopic (exact) mass is 280 g/mol. The van der Waals surface area contributed by atoms with Gasteiger partial charge in [-0.3, -0.25) is 4.79 Å². The summed E-state index contributed by atoms with van der Waals surface area (Å²) >= 11 is 0. The maximum atomic E-state index is 10.8. The van der Waals surface area contributed by atoms with Crippen LogP contribution in [0.2, 0.25) is 0 Å². The molecule has 0 saturated carbocycles. The largest absolute Gasteiger partial charge is 0.481 e. The zero-order valence-electron chi connectivity index (χ0n) is 12.2. The maximum absolute atomic E-state index is 10.8. The van der Waals surface area contributed by atoms with Gasteiger partial charge in [-0.15, -0.1) is 0 Å². The van der Waals surface area contributed by atoms with E-state index in [1.165, 1.54) is 0 Å². The number of hydrogen-bond acceptors (Lipinski definition) is 4. The SMILES string of the molecule is CC(C)COCCN(CCC(=O)O)c1ccccc1N. The van der Waals surface area contributed by atoms with Gasteiger partial charge in [0.1, 0.15) is 0 Å². The molecule has 0 amide bonds. The van der Waals surface area contributed by atoms with E-state index in [4.69, 9.17) is 15.6 Å². The highest BCUT2D eigenvalue weighted by Gasteiger charge is 2.11. The first-order valence-electron chi connectivity index (χ1n) is 6.89. The molecule has 0 unspecified atom stereocenters. The van der Waals surface area contributed by atoms with Gasteiger partial charge in [0, 0.05) is 19.7 Å². The topological polar surface area (TPSA) is 75.8 Å². The molecular weight excluding hydrogens is 256 g/mol. The number of carboxylic acid groups (broad SMARTS) is 1. The lowest BCUT2D eigenvalue weighted by Crippen LogP contribution is -2.30. The van der Waals surface area contributed by atoms with E-state index in [0.29, 0.717) is 37.9 Å². The van der Waals surface area contributed by atoms with E-state index in [1.807, 2.05) is 29.2 Å². The quantitative estimate of drug-likeness (QED) is 0.536. The summed E-state index contributed by atoms with van der Waals surface area (Å²) in [6.07, 6.45) is 0.0819. The molecule has 0 aliphatic carbocycles. The number of nitrogens with zero attached hydrogens (tertiary/aromatic N) is 1. The molecule has 0 aromatic heterocycles. The van der Waals surface area contributed by atoms with E-state index in [-0.39, 0.29) is 6.42 Å². The Labute approximate surface area is 120 Å². The average molecular weight is 280 g/mol. The smallest absolute Gasteiger partial charge is 0.305 e. The van der Waals surface area contributed by atoms with Gasteiger partial charge in [-0.05, 0) is 18.1 Å². The van der Waals surface area contributed by atoms with Crippen LogP contribution in [0.1, 0.15) is 20.3 Å². The number of carbonyl (C=O) groups is 1. The van der Waals surface area contributed by atoms with E-state index < -0.39 is 5.97 Å². The Bertz CT molecular complexity index is 421. The van der Waals surface area contributed by atoms with Crippen molar-refractivity contribution < 1.29 is 14.6 Å². The Balaban J connectivity index is 2.60. The van der Waals surface area contributed by atoms with Crippen molar-refractivity contribution in [3.8, 4) is 0 Å². The highest BCUT2D eigenvalue weighted by Crippen LogP contribution is 2.22. The van der Waals surface area contributed by atoms with Gasteiger partial charge in [0.25, 0.3) is 0 Å². The van der Waals surface area contributed by atoms with E-state index >= 15 is 0 Å². The number of aliphatic carboxylic acids is 1. The molecule has 0 atom stereocenters. The van der Waals surface area contributed by atoms with Crippen LogP contribution in [0.25, 0.3) is 0 Å². The van der Waals surface area contributed by atoms with Gasteiger partial charge in [0.2, 0.25) is 0 Å². The Morgan fingerprint density at radius 1 is 1.35 bits per heavy atom. The van der Waals surface area contributed by atoms with Crippen molar-refractivity contribution in [3.63, 3.8) is 0 Å². The summed E-state index contributed by atoms with van der Waals surface area (Å²) in [5, 5.41) is 8.83. The van der Waals surface area contributed by atoms with Crippen molar-refractivity contribution in [1.29, 1.82) is 0 Å². The van der Waals surface area contributed by atoms with Crippen molar-refractivity contribution in [2.24, 2.45) is 5.92 Å². The third-order valence-corrected chi connectivity index (χ3v) is 2.83. The second-order valence-corrected chi connectivity index (χ2v) is 5.16. The minimum Gasteiger partial charge on any atom is -0.481 e. The Morgan fingerprint density at radius 2 is 2.05 bits per heavy atom. The third kappa shape index (κ3) is 5.93. The number of nitrogen functional groups attached to an aromatic ring is 1. The van der Waals surface area contributed by atoms with Gasteiger partial charge in [0.15, 0.2) is 0 Å². The van der Waals surface area contributed by atoms with Crippen LogP contribution in [-0.4, -0.2) is 37.4 Å². The van der Waals surface area contributed by atoms with E-state index in [9.17, 15) is 4.79 Å². The highest BCUT2D eigenvalue weighted by molar-refractivity contribution is 5.70. The van der Waals surface area contributed by atoms with Gasteiger partial charge in [-0.25, -0.2) is 0 Å². The van der Waals surface area contributed by atoms with Crippen LogP contribution in [0.3, 0.4) is 0 Å². The minimum absolute atomic E-state index is 0.0819. The predicted octanol–water partition coefficient (Wildman–Crippen LogP) is 2.22. The van der Waals surface area contributed by atoms with Crippen molar-refractivity contribution in [3.05, 3.63) is 24.3 Å². The molecule has 0 spiro atoms. The summed E-state index contributed by atoms with van der Waals surface area (Å²) in [5.74, 6) is -0.322. The van der Waals surface area contributed by atoms with Crippen LogP contribution < -0.4 is 10.6 Å². The highest BCUT2D eigenvalue weighted by atomic mass is 16.5. The number of ether oxygens (including phenoxy) is 1. The summed E-state index contributed by atoms with van der Waals surface area (Å²) in [6.45, 7) is 6.51. The zero-order valence-corrected chi connectivity index (χ0v) is 12.2. The number of para-hydroxylation sites is 2. The number of carboxylic acids is 1. The van der Waals surface area contributed by atoms with Gasteiger partial charge in [0.05, 0.1) is 24.4 Å². The molecule has 112 valence electrons. The predicted molar refractivity (Wildman–Crippen MR) is 81.0 cm³/mol. The van der Waals surface area contributed by atoms with Crippen LogP contribution in [0.5, 0.6) is 0 Å². The van der Waals surface area contributed by atoms with Gasteiger partial charge < -0.3 is 20.5 Å². The first-order chi connectivity index (χ1) is 9.50. The van der Waals surface area contributed by atoms with Crippen molar-refractivity contribution in [2.75, 3.05) is 36.9 Å². The maximum Gasteiger partial charge on any atom is 0.305 e. The summed E-state index contributed by atoms with van der Waals surface area (Å²) in [5.41, 5.74) is 7.47. The second kappa shape index (κ2) is 8.43. The first-order valence-corrected chi connectivity index (χ1v) is 6.89. The molecular formula is C15H24N2O3. The molecule has 0 fully saturated rings. The number of benzene rings is 1. The average Bonchev–Trinajstić information content (AvgIpc) is 2.38. The molecule has 0 aliphatic rings. The molecule has 0 radical (unpaired) electrons. The fraction of sp³-hybridized carbons (Fsp3) is 0.533. The first kappa shape index (κ1) is 16.3. The lowest BCUT2D eigenvalue weighted by atomic mass is 10.2. The van der Waals surface area contributed by atoms with Crippen LogP contribution in [0, 0.1) is 5.92 Å². The Morgan fingerprint density at radius 3 is 2.65 bits per heavy atom. The molecule has 20 heavy (non-hydrogen) atoms. The Hall–Kier alpha value is -1.75. The lowest BCUT2D eigenvalue weighted by Gasteiger charge is -2.25. The summed E-state index contributed by atoms with van der Waals surface area (Å²) in [4.78, 5) is 12.7. The fourth-order valence-corrected chi connectivity index (χ4v) is 1.85. The van der Waals surface area contributed by atoms with Crippen molar-refractivity contribution >= 4 is 17.3 Å². The number of rotatable bonds is 9. The lowest BCUT2D eigenvalue weighted by molar-refractivity contribution is -0.136. The standard InChI is InChI=1S/C15H24N2O3/c1-12(2)11-20-10-9-17(8-7-15(18)19)14-6-4-3-5-13(14)16/h3-6,12H,7-11,16H2,1-2H3,(H,18,19). The number of anilines is 2. The second-order valence-electron chi connectivity index (χ2n) is 5.16. The normalized spacial score (nSPS) is 10.8. The van der Waals surface area contributed by atoms with Crippen LogP contribution in [0.15, 0.2) is 24.3 Å². The Kier molecular flexibility index (Phi) is 6.87. The van der Waals surface area contributed by atoms with Gasteiger partial charge >= 0.3 is 5.97 Å². The van der Waals surface area contributed by atoms with Crippen molar-refractivity contribution in [1.82, 2.24) is 0 Å². The molecule has 0 aliphatic heterocycles. The van der Waals surface area contributed by atoms with Crippen LogP contribution in [-0.2, 0) is 9.53 Å². The zero-order chi connectivity index (χ0) is 15.0. The molecule has 1 rings (SSSR count). The molecule has 0 saturated heterocycles. The van der Waals surface area contributed by atoms with Gasteiger partial charge in [-0.1, -0.05) is 26.0 Å². The minimum atomic E-state index is -0.812. The molecule has 0 bridgehead atoms. The molecule has 3 N–H and O–H groups in total. The van der Waals surface area contributed by atoms with Gasteiger partial charge in [-0.2, -0.15) is 0 Å². The van der Waals surface area contributed by atoms with Crippen LogP contribution in [0.4, 0.5) is 11.4 Å². The molecule has 5 nitrogen and oxygen atoms in total. The molecule has 1 aromatic carbocycles. The fourth-order valence-electron chi connectivity index (χ4n) is 1.85. The van der Waals surface area contributed by atoms with Crippen molar-refractivity contribution in [2.45, 2.75) is 20.3 Å². The summed E-state index contributed by atoms with van der Waals surface area (Å²) in [7, 11) is 0. The molecule has 5 heteroatoms.